The Morgan fingerprint density at radius 1 is 1.29 bits per heavy atom. The van der Waals surface area contributed by atoms with E-state index in [1.807, 2.05) is 13.8 Å². The number of hydrogen-bond acceptors (Lipinski definition) is 4. The quantitative estimate of drug-likeness (QED) is 0.703. The molecule has 0 saturated heterocycles. The summed E-state index contributed by atoms with van der Waals surface area (Å²) in [7, 11) is 1.56. The van der Waals surface area contributed by atoms with Gasteiger partial charge in [0.05, 0.1) is 19.1 Å². The smallest absolute Gasteiger partial charge is 0.329 e. The van der Waals surface area contributed by atoms with Crippen LogP contribution in [0.2, 0.25) is 0 Å². The zero-order valence-electron chi connectivity index (χ0n) is 11.3. The number of esters is 1. The van der Waals surface area contributed by atoms with E-state index >= 15 is 0 Å². The second kappa shape index (κ2) is 7.27. The number of aliphatic hydroxyl groups is 1. The first-order valence-corrected chi connectivity index (χ1v) is 5.91. The summed E-state index contributed by atoms with van der Waals surface area (Å²) in [5.41, 5.74) is 0. The molecular formula is C12H23NO4. The molecule has 0 fully saturated rings. The van der Waals surface area contributed by atoms with E-state index in [4.69, 9.17) is 4.74 Å². The third-order valence-corrected chi connectivity index (χ3v) is 2.44. The minimum Gasteiger partial charge on any atom is -0.464 e. The molecule has 0 heterocycles. The van der Waals surface area contributed by atoms with Crippen LogP contribution in [0.5, 0.6) is 0 Å². The number of rotatable bonds is 6. The number of hydrogen-bond donors (Lipinski definition) is 1. The average molecular weight is 245 g/mol. The van der Waals surface area contributed by atoms with Crippen LogP contribution >= 0.6 is 0 Å². The Labute approximate surface area is 103 Å². The molecular weight excluding hydrogens is 222 g/mol. The highest BCUT2D eigenvalue weighted by atomic mass is 16.5. The van der Waals surface area contributed by atoms with E-state index in [9.17, 15) is 14.7 Å². The summed E-state index contributed by atoms with van der Waals surface area (Å²) in [6, 6.07) is -0.596. The Morgan fingerprint density at radius 3 is 2.18 bits per heavy atom. The Morgan fingerprint density at radius 2 is 1.82 bits per heavy atom. The normalized spacial score (nSPS) is 14.3. The van der Waals surface area contributed by atoms with Crippen molar-refractivity contribution in [3.8, 4) is 0 Å². The summed E-state index contributed by atoms with van der Waals surface area (Å²) in [5.74, 6) is -0.687. The average Bonchev–Trinajstić information content (AvgIpc) is 2.16. The largest absolute Gasteiger partial charge is 0.464 e. The molecule has 0 rings (SSSR count). The number of nitrogens with zero attached hydrogens (tertiary/aromatic N) is 1. The maximum Gasteiger partial charge on any atom is 0.329 e. The first kappa shape index (κ1) is 15.9. The van der Waals surface area contributed by atoms with E-state index in [1.165, 1.54) is 4.90 Å². The van der Waals surface area contributed by atoms with Crippen LogP contribution < -0.4 is 0 Å². The predicted molar refractivity (Wildman–Crippen MR) is 64.3 cm³/mol. The van der Waals surface area contributed by atoms with Gasteiger partial charge in [-0.1, -0.05) is 13.8 Å². The van der Waals surface area contributed by atoms with Gasteiger partial charge in [-0.15, -0.1) is 0 Å². The lowest BCUT2D eigenvalue weighted by molar-refractivity contribution is -0.156. The zero-order chi connectivity index (χ0) is 13.6. The van der Waals surface area contributed by atoms with E-state index in [-0.39, 0.29) is 18.2 Å². The SMILES string of the molecule is CCOC(=O)[C@@H](C(C)C)N(C)C(=O)CC(C)O. The van der Waals surface area contributed by atoms with E-state index < -0.39 is 18.1 Å². The number of likely N-dealkylation sites (N-methyl/N-ethyl adjacent to an activating group) is 1. The molecule has 1 unspecified atom stereocenters. The van der Waals surface area contributed by atoms with Gasteiger partial charge in [0.25, 0.3) is 0 Å². The molecule has 0 aliphatic heterocycles. The Kier molecular flexibility index (Phi) is 6.80. The molecule has 5 heteroatoms. The van der Waals surface area contributed by atoms with Crippen LogP contribution in [0.25, 0.3) is 0 Å². The first-order chi connectivity index (χ1) is 7.81. The molecule has 1 N–H and O–H groups in total. The van der Waals surface area contributed by atoms with E-state index in [2.05, 4.69) is 0 Å². The van der Waals surface area contributed by atoms with Crippen LogP contribution in [0, 0.1) is 5.92 Å². The van der Waals surface area contributed by atoms with Crippen LogP contribution in [0.4, 0.5) is 0 Å². The van der Waals surface area contributed by atoms with Gasteiger partial charge in [0.2, 0.25) is 5.91 Å². The molecule has 0 aliphatic carbocycles. The van der Waals surface area contributed by atoms with Gasteiger partial charge in [0, 0.05) is 7.05 Å². The maximum atomic E-state index is 11.8. The summed E-state index contributed by atoms with van der Waals surface area (Å²) < 4.78 is 4.95. The molecule has 0 aliphatic rings. The fourth-order valence-corrected chi connectivity index (χ4v) is 1.66. The molecule has 1 amide bonds. The first-order valence-electron chi connectivity index (χ1n) is 5.91. The third-order valence-electron chi connectivity index (χ3n) is 2.44. The van der Waals surface area contributed by atoms with E-state index in [0.29, 0.717) is 6.61 Å². The maximum absolute atomic E-state index is 11.8. The van der Waals surface area contributed by atoms with Crippen molar-refractivity contribution in [1.29, 1.82) is 0 Å². The Hall–Kier alpha value is -1.10. The van der Waals surface area contributed by atoms with Crippen molar-refractivity contribution in [3.63, 3.8) is 0 Å². The molecule has 2 atom stereocenters. The van der Waals surface area contributed by atoms with Gasteiger partial charge in [-0.2, -0.15) is 0 Å². The Balaban J connectivity index is 4.70. The number of amides is 1. The van der Waals surface area contributed by atoms with Crippen molar-refractivity contribution < 1.29 is 19.4 Å². The third kappa shape index (κ3) is 5.17. The van der Waals surface area contributed by atoms with E-state index in [0.717, 1.165) is 0 Å². The van der Waals surface area contributed by atoms with Gasteiger partial charge in [-0.25, -0.2) is 4.79 Å². The van der Waals surface area contributed by atoms with Gasteiger partial charge >= 0.3 is 5.97 Å². The van der Waals surface area contributed by atoms with Gasteiger partial charge in [0.15, 0.2) is 0 Å². The van der Waals surface area contributed by atoms with Crippen molar-refractivity contribution in [3.05, 3.63) is 0 Å². The van der Waals surface area contributed by atoms with E-state index in [1.54, 1.807) is 20.9 Å². The lowest BCUT2D eigenvalue weighted by Gasteiger charge is -2.29. The second-order valence-corrected chi connectivity index (χ2v) is 4.50. The molecule has 0 spiro atoms. The van der Waals surface area contributed by atoms with Crippen LogP contribution in [0.3, 0.4) is 0 Å². The highest BCUT2D eigenvalue weighted by Crippen LogP contribution is 2.13. The lowest BCUT2D eigenvalue weighted by atomic mass is 10.0. The summed E-state index contributed by atoms with van der Waals surface area (Å²) in [6.45, 7) is 7.27. The summed E-state index contributed by atoms with van der Waals surface area (Å²) in [4.78, 5) is 24.9. The van der Waals surface area contributed by atoms with Crippen LogP contribution in [0.1, 0.15) is 34.1 Å². The highest BCUT2D eigenvalue weighted by molar-refractivity contribution is 5.84. The fraction of sp³-hybridized carbons (Fsp3) is 0.833. The summed E-state index contributed by atoms with van der Waals surface area (Å²) >= 11 is 0. The molecule has 0 aromatic heterocycles. The van der Waals surface area contributed by atoms with Gasteiger partial charge in [-0.05, 0) is 19.8 Å². The van der Waals surface area contributed by atoms with Gasteiger partial charge in [0.1, 0.15) is 6.04 Å². The minimum atomic E-state index is -0.708. The summed E-state index contributed by atoms with van der Waals surface area (Å²) in [5, 5.41) is 9.17. The zero-order valence-corrected chi connectivity index (χ0v) is 11.3. The van der Waals surface area contributed by atoms with Crippen molar-refractivity contribution in [2.24, 2.45) is 5.92 Å². The molecule has 0 aromatic rings. The molecule has 17 heavy (non-hydrogen) atoms. The lowest BCUT2D eigenvalue weighted by Crippen LogP contribution is -2.47. The molecule has 0 aromatic carbocycles. The highest BCUT2D eigenvalue weighted by Gasteiger charge is 2.31. The molecule has 0 saturated carbocycles. The molecule has 0 radical (unpaired) electrons. The number of carbonyl (C=O) groups is 2. The Bertz CT molecular complexity index is 263. The van der Waals surface area contributed by atoms with Crippen molar-refractivity contribution in [1.82, 2.24) is 4.90 Å². The number of ether oxygens (including phenoxy) is 1. The number of aliphatic hydroxyl groups excluding tert-OH is 1. The monoisotopic (exact) mass is 245 g/mol. The summed E-state index contributed by atoms with van der Waals surface area (Å²) in [6.07, 6.45) is -0.695. The van der Waals surface area contributed by atoms with Crippen molar-refractivity contribution in [2.45, 2.75) is 46.3 Å². The predicted octanol–water partition coefficient (Wildman–Crippen LogP) is 0.803. The number of carbonyl (C=O) groups excluding carboxylic acids is 2. The molecule has 100 valence electrons. The van der Waals surface area contributed by atoms with Crippen molar-refractivity contribution in [2.75, 3.05) is 13.7 Å². The van der Waals surface area contributed by atoms with Crippen LogP contribution in [-0.2, 0) is 14.3 Å². The minimum absolute atomic E-state index is 0.0130. The van der Waals surface area contributed by atoms with Gasteiger partial charge < -0.3 is 14.7 Å². The molecule has 5 nitrogen and oxygen atoms in total. The van der Waals surface area contributed by atoms with Crippen molar-refractivity contribution >= 4 is 11.9 Å². The van der Waals surface area contributed by atoms with Gasteiger partial charge in [-0.3, -0.25) is 4.79 Å². The fourth-order valence-electron chi connectivity index (χ4n) is 1.66. The standard InChI is InChI=1S/C12H23NO4/c1-6-17-12(16)11(8(2)3)13(5)10(15)7-9(4)14/h8-9,11,14H,6-7H2,1-5H3/t9?,11-/m1/s1. The van der Waals surface area contributed by atoms with Crippen LogP contribution in [0.15, 0.2) is 0 Å². The van der Waals surface area contributed by atoms with Crippen LogP contribution in [-0.4, -0.2) is 47.7 Å². The topological polar surface area (TPSA) is 66.8 Å². The second-order valence-electron chi connectivity index (χ2n) is 4.50. The molecule has 0 bridgehead atoms.